The molecular formula is C9H11F3N2O2. The van der Waals surface area contributed by atoms with Crippen molar-refractivity contribution in [2.45, 2.75) is 12.6 Å². The van der Waals surface area contributed by atoms with Crippen LogP contribution in [-0.4, -0.2) is 48.3 Å². The van der Waals surface area contributed by atoms with Crippen LogP contribution in [0.5, 0.6) is 0 Å². The maximum atomic E-state index is 12.2. The van der Waals surface area contributed by atoms with Crippen molar-refractivity contribution in [1.82, 2.24) is 9.80 Å². The molecule has 0 radical (unpaired) electrons. The number of carbonyl (C=O) groups excluding carboxylic acids is 2. The summed E-state index contributed by atoms with van der Waals surface area (Å²) in [5.74, 6) is -2.45. The zero-order valence-corrected chi connectivity index (χ0v) is 8.84. The van der Waals surface area contributed by atoms with Crippen molar-refractivity contribution >= 4 is 11.7 Å². The van der Waals surface area contributed by atoms with Gasteiger partial charge < -0.3 is 4.90 Å². The summed E-state index contributed by atoms with van der Waals surface area (Å²) in [6.45, 7) is -0.211. The molecule has 0 aromatic heterocycles. The molecule has 1 fully saturated rings. The highest BCUT2D eigenvalue weighted by molar-refractivity contribution is 6.02. The number of rotatable bonds is 1. The third-order valence-corrected chi connectivity index (χ3v) is 2.01. The second-order valence-corrected chi connectivity index (χ2v) is 3.61. The standard InChI is InChI=1S/C9H11F3N2O2/c1-13(2)5-6-7(15)3-4-14(6)8(16)9(10,11)12/h5H,3-4H2,1-2H3/b6-5+. The minimum Gasteiger partial charge on any atom is -0.382 e. The molecule has 16 heavy (non-hydrogen) atoms. The van der Waals surface area contributed by atoms with Crippen molar-refractivity contribution in [3.63, 3.8) is 0 Å². The molecule has 0 aliphatic carbocycles. The van der Waals surface area contributed by atoms with E-state index in [1.54, 1.807) is 14.1 Å². The van der Waals surface area contributed by atoms with Crippen LogP contribution in [0.2, 0.25) is 0 Å². The fraction of sp³-hybridized carbons (Fsp3) is 0.556. The lowest BCUT2D eigenvalue weighted by molar-refractivity contribution is -0.182. The van der Waals surface area contributed by atoms with Crippen molar-refractivity contribution < 1.29 is 22.8 Å². The number of hydrogen-bond acceptors (Lipinski definition) is 3. The first-order valence-electron chi connectivity index (χ1n) is 4.53. The molecular weight excluding hydrogens is 225 g/mol. The summed E-state index contributed by atoms with van der Waals surface area (Å²) in [5, 5.41) is 0. The molecule has 1 aliphatic rings. The summed E-state index contributed by atoms with van der Waals surface area (Å²) in [6, 6.07) is 0. The van der Waals surface area contributed by atoms with Crippen molar-refractivity contribution in [2.24, 2.45) is 0 Å². The Kier molecular flexibility index (Phi) is 3.25. The van der Waals surface area contributed by atoms with Gasteiger partial charge in [0.2, 0.25) is 0 Å². The number of nitrogens with zero attached hydrogens (tertiary/aromatic N) is 2. The average molecular weight is 236 g/mol. The average Bonchev–Trinajstić information content (AvgIpc) is 2.45. The molecule has 0 N–H and O–H groups in total. The first-order valence-corrected chi connectivity index (χ1v) is 4.53. The normalized spacial score (nSPS) is 19.4. The summed E-state index contributed by atoms with van der Waals surface area (Å²) in [6.07, 6.45) is -3.80. The molecule has 0 aromatic carbocycles. The van der Waals surface area contributed by atoms with Gasteiger partial charge in [0.05, 0.1) is 0 Å². The Bertz CT molecular complexity index is 347. The highest BCUT2D eigenvalue weighted by Gasteiger charge is 2.46. The zero-order chi connectivity index (χ0) is 12.5. The first kappa shape index (κ1) is 12.5. The van der Waals surface area contributed by atoms with Gasteiger partial charge in [-0.3, -0.25) is 14.5 Å². The van der Waals surface area contributed by atoms with Gasteiger partial charge in [0.25, 0.3) is 0 Å². The van der Waals surface area contributed by atoms with E-state index in [0.717, 1.165) is 0 Å². The largest absolute Gasteiger partial charge is 0.471 e. The predicted molar refractivity (Wildman–Crippen MR) is 49.2 cm³/mol. The molecule has 1 rings (SSSR count). The van der Waals surface area contributed by atoms with Crippen LogP contribution >= 0.6 is 0 Å². The molecule has 7 heteroatoms. The number of Topliss-reactive ketones (excluding diaryl/α,β-unsaturated/α-hetero) is 1. The number of likely N-dealkylation sites (tertiary alicyclic amines) is 1. The van der Waals surface area contributed by atoms with Gasteiger partial charge >= 0.3 is 12.1 Å². The van der Waals surface area contributed by atoms with Gasteiger partial charge in [0.1, 0.15) is 5.70 Å². The number of carbonyl (C=O) groups is 2. The smallest absolute Gasteiger partial charge is 0.382 e. The lowest BCUT2D eigenvalue weighted by atomic mass is 10.3. The van der Waals surface area contributed by atoms with Crippen LogP contribution in [0, 0.1) is 0 Å². The molecule has 0 unspecified atom stereocenters. The molecule has 1 aliphatic heterocycles. The molecule has 0 saturated carbocycles. The second kappa shape index (κ2) is 4.15. The van der Waals surface area contributed by atoms with E-state index in [1.165, 1.54) is 11.1 Å². The Morgan fingerprint density at radius 1 is 1.44 bits per heavy atom. The monoisotopic (exact) mass is 236 g/mol. The van der Waals surface area contributed by atoms with Gasteiger partial charge in [-0.1, -0.05) is 0 Å². The SMILES string of the molecule is CN(C)/C=C1\C(=O)CCN1C(=O)C(F)(F)F. The summed E-state index contributed by atoms with van der Waals surface area (Å²) in [5.41, 5.74) is -0.202. The molecule has 0 bridgehead atoms. The second-order valence-electron chi connectivity index (χ2n) is 3.61. The van der Waals surface area contributed by atoms with Gasteiger partial charge in [-0.05, 0) is 0 Å². The molecule has 1 amide bonds. The first-order chi connectivity index (χ1) is 7.23. The maximum absolute atomic E-state index is 12.2. The molecule has 90 valence electrons. The van der Waals surface area contributed by atoms with E-state index >= 15 is 0 Å². The molecule has 4 nitrogen and oxygen atoms in total. The Hall–Kier alpha value is -1.53. The lowest BCUT2D eigenvalue weighted by Crippen LogP contribution is -2.39. The van der Waals surface area contributed by atoms with E-state index in [1.807, 2.05) is 0 Å². The molecule has 0 atom stereocenters. The summed E-state index contributed by atoms with van der Waals surface area (Å²) < 4.78 is 36.6. The van der Waals surface area contributed by atoms with Crippen LogP contribution in [0.15, 0.2) is 11.9 Å². The highest BCUT2D eigenvalue weighted by atomic mass is 19.4. The van der Waals surface area contributed by atoms with Gasteiger partial charge in [-0.2, -0.15) is 13.2 Å². The number of amides is 1. The molecule has 0 spiro atoms. The molecule has 0 aromatic rings. The van der Waals surface area contributed by atoms with E-state index in [0.29, 0.717) is 4.90 Å². The van der Waals surface area contributed by atoms with Gasteiger partial charge in [0.15, 0.2) is 5.78 Å². The van der Waals surface area contributed by atoms with Crippen LogP contribution < -0.4 is 0 Å². The Balaban J connectivity index is 2.98. The van der Waals surface area contributed by atoms with Crippen molar-refractivity contribution in [3.05, 3.63) is 11.9 Å². The van der Waals surface area contributed by atoms with Gasteiger partial charge in [-0.25, -0.2) is 0 Å². The van der Waals surface area contributed by atoms with Crippen molar-refractivity contribution in [1.29, 1.82) is 0 Å². The minimum atomic E-state index is -4.95. The highest BCUT2D eigenvalue weighted by Crippen LogP contribution is 2.26. The van der Waals surface area contributed by atoms with E-state index in [9.17, 15) is 22.8 Å². The van der Waals surface area contributed by atoms with Gasteiger partial charge in [0, 0.05) is 33.3 Å². The Morgan fingerprint density at radius 3 is 2.44 bits per heavy atom. The fourth-order valence-electron chi connectivity index (χ4n) is 1.36. The Morgan fingerprint density at radius 2 is 2.00 bits per heavy atom. The number of alkyl halides is 3. The zero-order valence-electron chi connectivity index (χ0n) is 8.84. The van der Waals surface area contributed by atoms with E-state index < -0.39 is 17.9 Å². The fourth-order valence-corrected chi connectivity index (χ4v) is 1.36. The van der Waals surface area contributed by atoms with E-state index in [4.69, 9.17) is 0 Å². The summed E-state index contributed by atoms with van der Waals surface area (Å²) in [7, 11) is 3.13. The third-order valence-electron chi connectivity index (χ3n) is 2.01. The van der Waals surface area contributed by atoms with E-state index in [-0.39, 0.29) is 18.7 Å². The molecule has 1 heterocycles. The van der Waals surface area contributed by atoms with Crippen LogP contribution in [0.3, 0.4) is 0 Å². The van der Waals surface area contributed by atoms with Crippen LogP contribution in [0.25, 0.3) is 0 Å². The van der Waals surface area contributed by atoms with Crippen LogP contribution in [0.4, 0.5) is 13.2 Å². The summed E-state index contributed by atoms with van der Waals surface area (Å²) >= 11 is 0. The minimum absolute atomic E-state index is 0.0680. The topological polar surface area (TPSA) is 40.6 Å². The van der Waals surface area contributed by atoms with Crippen LogP contribution in [-0.2, 0) is 9.59 Å². The van der Waals surface area contributed by atoms with Crippen molar-refractivity contribution in [3.8, 4) is 0 Å². The molecule has 1 saturated heterocycles. The van der Waals surface area contributed by atoms with E-state index in [2.05, 4.69) is 0 Å². The lowest BCUT2D eigenvalue weighted by Gasteiger charge is -2.19. The summed E-state index contributed by atoms with van der Waals surface area (Å²) in [4.78, 5) is 24.2. The third kappa shape index (κ3) is 2.53. The number of halogens is 3. The Labute approximate surface area is 90.3 Å². The number of hydrogen-bond donors (Lipinski definition) is 0. The van der Waals surface area contributed by atoms with Crippen molar-refractivity contribution in [2.75, 3.05) is 20.6 Å². The quantitative estimate of drug-likeness (QED) is 0.631. The van der Waals surface area contributed by atoms with Gasteiger partial charge in [-0.15, -0.1) is 0 Å². The number of ketones is 1. The predicted octanol–water partition coefficient (Wildman–Crippen LogP) is 0.753. The number of allylic oxidation sites excluding steroid dienone is 1. The van der Waals surface area contributed by atoms with Crippen LogP contribution in [0.1, 0.15) is 6.42 Å². The maximum Gasteiger partial charge on any atom is 0.471 e.